The SMILES string of the molecule is Cc1cccc(C(=O)/C=C(/OCCCCOCC(=O)c2ccccc2)c2cccc(C)c2)c1. The molecule has 0 amide bonds. The molecule has 0 fully saturated rings. The Morgan fingerprint density at radius 3 is 2.03 bits per heavy atom. The molecule has 0 radical (unpaired) electrons. The van der Waals surface area contributed by atoms with Gasteiger partial charge in [0.15, 0.2) is 11.6 Å². The van der Waals surface area contributed by atoms with Crippen LogP contribution in [0.25, 0.3) is 5.76 Å². The van der Waals surface area contributed by atoms with Crippen molar-refractivity contribution in [1.29, 1.82) is 0 Å². The Hall–Kier alpha value is -3.50. The summed E-state index contributed by atoms with van der Waals surface area (Å²) >= 11 is 0. The summed E-state index contributed by atoms with van der Waals surface area (Å²) in [7, 11) is 0. The standard InChI is InChI=1S/C29H30O4/c1-22-10-8-14-25(18-22)27(30)20-29(26-15-9-11-23(2)19-26)33-17-7-6-16-32-21-28(31)24-12-4-3-5-13-24/h3-5,8-15,18-20H,6-7,16-17,21H2,1-2H3/b29-20+. The van der Waals surface area contributed by atoms with Crippen molar-refractivity contribution in [2.24, 2.45) is 0 Å². The lowest BCUT2D eigenvalue weighted by molar-refractivity contribution is 0.0746. The highest BCUT2D eigenvalue weighted by atomic mass is 16.5. The highest BCUT2D eigenvalue weighted by molar-refractivity contribution is 6.08. The molecule has 0 unspecified atom stereocenters. The van der Waals surface area contributed by atoms with Crippen molar-refractivity contribution in [1.82, 2.24) is 0 Å². The van der Waals surface area contributed by atoms with Gasteiger partial charge in [-0.2, -0.15) is 0 Å². The zero-order valence-electron chi connectivity index (χ0n) is 19.3. The van der Waals surface area contributed by atoms with E-state index in [9.17, 15) is 9.59 Å². The van der Waals surface area contributed by atoms with Gasteiger partial charge in [-0.25, -0.2) is 0 Å². The van der Waals surface area contributed by atoms with E-state index >= 15 is 0 Å². The average Bonchev–Trinajstić information content (AvgIpc) is 2.83. The number of rotatable bonds is 12. The van der Waals surface area contributed by atoms with Crippen molar-refractivity contribution >= 4 is 17.3 Å². The Morgan fingerprint density at radius 2 is 1.33 bits per heavy atom. The molecule has 0 bridgehead atoms. The topological polar surface area (TPSA) is 52.6 Å². The zero-order valence-corrected chi connectivity index (χ0v) is 19.3. The third kappa shape index (κ3) is 7.85. The van der Waals surface area contributed by atoms with Gasteiger partial charge in [0, 0.05) is 29.4 Å². The quantitative estimate of drug-likeness (QED) is 0.145. The summed E-state index contributed by atoms with van der Waals surface area (Å²) in [5.74, 6) is 0.453. The Morgan fingerprint density at radius 1 is 0.727 bits per heavy atom. The number of Topliss-reactive ketones (excluding diaryl/α,β-unsaturated/α-hetero) is 1. The van der Waals surface area contributed by atoms with Crippen molar-refractivity contribution in [3.63, 3.8) is 0 Å². The molecular formula is C29H30O4. The first-order valence-corrected chi connectivity index (χ1v) is 11.2. The number of aryl methyl sites for hydroxylation is 2. The Kier molecular flexibility index (Phi) is 9.16. The summed E-state index contributed by atoms with van der Waals surface area (Å²) in [5.41, 5.74) is 4.31. The van der Waals surface area contributed by atoms with Crippen LogP contribution in [0.4, 0.5) is 0 Å². The number of ketones is 2. The molecule has 0 saturated heterocycles. The van der Waals surface area contributed by atoms with Crippen LogP contribution in [0.15, 0.2) is 84.9 Å². The second-order valence-electron chi connectivity index (χ2n) is 8.01. The number of allylic oxidation sites excluding steroid dienone is 1. The fourth-order valence-corrected chi connectivity index (χ4v) is 3.37. The molecule has 0 heterocycles. The van der Waals surface area contributed by atoms with Gasteiger partial charge in [0.25, 0.3) is 0 Å². The number of unbranched alkanes of at least 4 members (excludes halogenated alkanes) is 1. The van der Waals surface area contributed by atoms with E-state index in [2.05, 4.69) is 0 Å². The molecule has 3 aromatic rings. The number of benzene rings is 3. The second-order valence-corrected chi connectivity index (χ2v) is 8.01. The van der Waals surface area contributed by atoms with Gasteiger partial charge >= 0.3 is 0 Å². The lowest BCUT2D eigenvalue weighted by Crippen LogP contribution is -2.10. The van der Waals surface area contributed by atoms with Crippen LogP contribution >= 0.6 is 0 Å². The van der Waals surface area contributed by atoms with Gasteiger partial charge < -0.3 is 9.47 Å². The molecule has 0 aromatic heterocycles. The summed E-state index contributed by atoms with van der Waals surface area (Å²) in [4.78, 5) is 24.9. The lowest BCUT2D eigenvalue weighted by Gasteiger charge is -2.12. The van der Waals surface area contributed by atoms with Crippen LogP contribution in [-0.2, 0) is 9.47 Å². The zero-order chi connectivity index (χ0) is 23.5. The van der Waals surface area contributed by atoms with Crippen LogP contribution < -0.4 is 0 Å². The van der Waals surface area contributed by atoms with Gasteiger partial charge in [-0.3, -0.25) is 9.59 Å². The van der Waals surface area contributed by atoms with E-state index in [1.165, 1.54) is 0 Å². The summed E-state index contributed by atoms with van der Waals surface area (Å²) in [6, 6.07) is 24.6. The highest BCUT2D eigenvalue weighted by Gasteiger charge is 2.10. The van der Waals surface area contributed by atoms with E-state index in [0.717, 1.165) is 29.5 Å². The third-order valence-corrected chi connectivity index (χ3v) is 5.14. The summed E-state index contributed by atoms with van der Waals surface area (Å²) < 4.78 is 11.5. The fourth-order valence-electron chi connectivity index (χ4n) is 3.37. The van der Waals surface area contributed by atoms with Crippen molar-refractivity contribution in [2.45, 2.75) is 26.7 Å². The largest absolute Gasteiger partial charge is 0.493 e. The van der Waals surface area contributed by atoms with E-state index in [1.807, 2.05) is 80.6 Å². The summed E-state index contributed by atoms with van der Waals surface area (Å²) in [6.45, 7) is 4.99. The highest BCUT2D eigenvalue weighted by Crippen LogP contribution is 2.19. The number of carbonyl (C=O) groups is 2. The van der Waals surface area contributed by atoms with E-state index in [-0.39, 0.29) is 18.2 Å². The smallest absolute Gasteiger partial charge is 0.189 e. The monoisotopic (exact) mass is 442 g/mol. The molecule has 0 aliphatic rings. The van der Waals surface area contributed by atoms with Gasteiger partial charge in [-0.1, -0.05) is 77.9 Å². The predicted molar refractivity (Wildman–Crippen MR) is 131 cm³/mol. The molecule has 4 heteroatoms. The van der Waals surface area contributed by atoms with Crippen molar-refractivity contribution in [3.05, 3.63) is 113 Å². The van der Waals surface area contributed by atoms with Gasteiger partial charge in [-0.05, 0) is 38.8 Å². The molecule has 0 atom stereocenters. The first kappa shape index (κ1) is 24.1. The molecule has 0 spiro atoms. The summed E-state index contributed by atoms with van der Waals surface area (Å²) in [6.07, 6.45) is 3.08. The fraction of sp³-hybridized carbons (Fsp3) is 0.241. The predicted octanol–water partition coefficient (Wildman–Crippen LogP) is 6.22. The normalized spacial score (nSPS) is 11.3. The van der Waals surface area contributed by atoms with E-state index in [1.54, 1.807) is 18.2 Å². The van der Waals surface area contributed by atoms with Crippen LogP contribution in [0.5, 0.6) is 0 Å². The minimum atomic E-state index is -0.0852. The van der Waals surface area contributed by atoms with E-state index < -0.39 is 0 Å². The van der Waals surface area contributed by atoms with Crippen LogP contribution in [0, 0.1) is 13.8 Å². The number of carbonyl (C=O) groups excluding carboxylic acids is 2. The average molecular weight is 443 g/mol. The van der Waals surface area contributed by atoms with Crippen molar-refractivity contribution < 1.29 is 19.1 Å². The molecule has 0 saturated carbocycles. The maximum atomic E-state index is 12.8. The summed E-state index contributed by atoms with van der Waals surface area (Å²) in [5, 5.41) is 0. The Balaban J connectivity index is 1.52. The molecule has 3 rings (SSSR count). The first-order valence-electron chi connectivity index (χ1n) is 11.2. The number of ether oxygens (including phenoxy) is 2. The minimum absolute atomic E-state index is 0.0221. The van der Waals surface area contributed by atoms with E-state index in [4.69, 9.17) is 9.47 Å². The minimum Gasteiger partial charge on any atom is -0.493 e. The van der Waals surface area contributed by atoms with E-state index in [0.29, 0.717) is 30.1 Å². The van der Waals surface area contributed by atoms with Crippen molar-refractivity contribution in [2.75, 3.05) is 19.8 Å². The second kappa shape index (κ2) is 12.5. The van der Waals surface area contributed by atoms with Crippen LogP contribution in [0.2, 0.25) is 0 Å². The van der Waals surface area contributed by atoms with Crippen molar-refractivity contribution in [3.8, 4) is 0 Å². The molecule has 170 valence electrons. The number of hydrogen-bond donors (Lipinski definition) is 0. The first-order chi connectivity index (χ1) is 16.0. The molecule has 0 aliphatic heterocycles. The third-order valence-electron chi connectivity index (χ3n) is 5.14. The van der Waals surface area contributed by atoms with Crippen LogP contribution in [0.3, 0.4) is 0 Å². The molecule has 33 heavy (non-hydrogen) atoms. The Labute approximate surface area is 195 Å². The molecular weight excluding hydrogens is 412 g/mol. The van der Waals surface area contributed by atoms with Crippen LogP contribution in [0.1, 0.15) is 50.2 Å². The van der Waals surface area contributed by atoms with Gasteiger partial charge in [-0.15, -0.1) is 0 Å². The molecule has 4 nitrogen and oxygen atoms in total. The number of hydrogen-bond acceptors (Lipinski definition) is 4. The van der Waals surface area contributed by atoms with Gasteiger partial charge in [0.2, 0.25) is 0 Å². The van der Waals surface area contributed by atoms with Gasteiger partial charge in [0.1, 0.15) is 12.4 Å². The maximum absolute atomic E-state index is 12.8. The lowest BCUT2D eigenvalue weighted by atomic mass is 10.0. The maximum Gasteiger partial charge on any atom is 0.189 e. The molecule has 3 aromatic carbocycles. The van der Waals surface area contributed by atoms with Crippen LogP contribution in [-0.4, -0.2) is 31.4 Å². The Bertz CT molecular complexity index is 1100. The molecule has 0 N–H and O–H groups in total. The van der Waals surface area contributed by atoms with Gasteiger partial charge in [0.05, 0.1) is 6.61 Å². The molecule has 0 aliphatic carbocycles.